The summed E-state index contributed by atoms with van der Waals surface area (Å²) in [6, 6.07) is 3.65. The van der Waals surface area contributed by atoms with Gasteiger partial charge in [0.25, 0.3) is 0 Å². The fourth-order valence-electron chi connectivity index (χ4n) is 0.536. The maximum atomic E-state index is 5.04. The molecule has 1 N–H and O–H groups in total. The fraction of sp³-hybridized carbons (Fsp3) is 0.500. The Kier molecular flexibility index (Phi) is 2.19. The molecule has 0 bridgehead atoms. The molecule has 11 heavy (non-hydrogen) atoms. The summed E-state index contributed by atoms with van der Waals surface area (Å²) < 4.78 is 0. The van der Waals surface area contributed by atoms with E-state index in [1.807, 2.05) is 26.8 Å². The number of aromatic nitrogens is 1. The quantitative estimate of drug-likeness (QED) is 0.524. The van der Waals surface area contributed by atoms with Gasteiger partial charge in [-0.15, -0.1) is 0 Å². The van der Waals surface area contributed by atoms with Gasteiger partial charge < -0.3 is 9.87 Å². The van der Waals surface area contributed by atoms with E-state index in [2.05, 4.69) is 4.98 Å². The fourth-order valence-corrected chi connectivity index (χ4v) is 0.536. The van der Waals surface area contributed by atoms with E-state index < -0.39 is 0 Å². The molecule has 0 aliphatic rings. The monoisotopic (exact) mass is 155 g/mol. The van der Waals surface area contributed by atoms with E-state index in [1.165, 1.54) is 0 Å². The van der Waals surface area contributed by atoms with Gasteiger partial charge in [-0.25, -0.2) is 0 Å². The maximum Gasteiger partial charge on any atom is 0.234 e. The Hall–Kier alpha value is -0.960. The van der Waals surface area contributed by atoms with Crippen LogP contribution in [0.25, 0.3) is 0 Å². The highest BCUT2D eigenvalue weighted by molar-refractivity contribution is 5.08. The lowest BCUT2D eigenvalue weighted by atomic mass is 10.2. The second-order valence-corrected chi connectivity index (χ2v) is 3.31. The van der Waals surface area contributed by atoms with Crippen molar-refractivity contribution >= 4 is 0 Å². The zero-order chi connectivity index (χ0) is 8.32. The summed E-state index contributed by atoms with van der Waals surface area (Å²) in [5, 5.41) is 0. The largest absolute Gasteiger partial charge is 0.330 e. The van der Waals surface area contributed by atoms with E-state index in [9.17, 15) is 0 Å². The van der Waals surface area contributed by atoms with Crippen LogP contribution in [0.3, 0.4) is 0 Å². The van der Waals surface area contributed by atoms with Gasteiger partial charge in [0.2, 0.25) is 5.88 Å². The summed E-state index contributed by atoms with van der Waals surface area (Å²) in [5.41, 5.74) is -0.273. The summed E-state index contributed by atoms with van der Waals surface area (Å²) >= 11 is 0. The van der Waals surface area contributed by atoms with Crippen LogP contribution in [-0.4, -0.2) is 10.6 Å². The van der Waals surface area contributed by atoms with Crippen molar-refractivity contribution < 1.29 is 9.78 Å². The molecule has 0 aliphatic heterocycles. The number of aromatic amines is 1. The van der Waals surface area contributed by atoms with E-state index >= 15 is 0 Å². The molecule has 0 aliphatic carbocycles. The third kappa shape index (κ3) is 3.09. The molecule has 0 radical (unpaired) electrons. The summed E-state index contributed by atoms with van der Waals surface area (Å²) in [6.45, 7) is 5.78. The number of hydrogen-bond acceptors (Lipinski definition) is 2. The summed E-state index contributed by atoms with van der Waals surface area (Å²) in [6.07, 6.45) is 1.78. The lowest BCUT2D eigenvalue weighted by Crippen LogP contribution is -2.21. The minimum absolute atomic E-state index is 0.273. The van der Waals surface area contributed by atoms with Gasteiger partial charge in [-0.05, 0) is 26.8 Å². The van der Waals surface area contributed by atoms with Crippen molar-refractivity contribution in [2.24, 2.45) is 0 Å². The zero-order valence-corrected chi connectivity index (χ0v) is 7.05. The van der Waals surface area contributed by atoms with E-state index in [1.54, 1.807) is 12.3 Å². The molecule has 0 unspecified atom stereocenters. The first-order valence-electron chi connectivity index (χ1n) is 3.57. The van der Waals surface area contributed by atoms with E-state index in [4.69, 9.17) is 9.78 Å². The van der Waals surface area contributed by atoms with Crippen molar-refractivity contribution in [3.05, 3.63) is 18.3 Å². The molecular weight excluding hydrogens is 142 g/mol. The molecule has 1 aromatic heterocycles. The number of nitrogens with one attached hydrogen (secondary N) is 1. The van der Waals surface area contributed by atoms with Gasteiger partial charge in [0.15, 0.2) is 0 Å². The van der Waals surface area contributed by atoms with Crippen molar-refractivity contribution in [2.45, 2.75) is 26.4 Å². The van der Waals surface area contributed by atoms with Crippen LogP contribution in [-0.2, 0) is 4.89 Å². The van der Waals surface area contributed by atoms with Crippen LogP contribution in [0.2, 0.25) is 0 Å². The van der Waals surface area contributed by atoms with Gasteiger partial charge in [0, 0.05) is 12.3 Å². The first-order valence-corrected chi connectivity index (χ1v) is 3.57. The van der Waals surface area contributed by atoms with Crippen molar-refractivity contribution in [1.82, 2.24) is 4.98 Å². The van der Waals surface area contributed by atoms with Crippen LogP contribution in [0.4, 0.5) is 0 Å². The minimum Gasteiger partial charge on any atom is -0.330 e. The highest BCUT2D eigenvalue weighted by Gasteiger charge is 2.12. The van der Waals surface area contributed by atoms with Gasteiger partial charge in [-0.2, -0.15) is 4.89 Å². The highest BCUT2D eigenvalue weighted by Crippen LogP contribution is 2.11. The Labute approximate surface area is 66.3 Å². The minimum atomic E-state index is -0.273. The Balaban J connectivity index is 2.35. The predicted octanol–water partition coefficient (Wildman–Crippen LogP) is 2.12. The topological polar surface area (TPSA) is 34.2 Å². The van der Waals surface area contributed by atoms with Crippen molar-refractivity contribution in [3.8, 4) is 5.88 Å². The van der Waals surface area contributed by atoms with Gasteiger partial charge >= 0.3 is 0 Å². The SMILES string of the molecule is CC(C)(C)OOc1ccc[nH]1. The van der Waals surface area contributed by atoms with Crippen LogP contribution in [0.1, 0.15) is 20.8 Å². The Bertz CT molecular complexity index is 198. The van der Waals surface area contributed by atoms with Gasteiger partial charge in [0.05, 0.1) is 0 Å². The Morgan fingerprint density at radius 3 is 2.55 bits per heavy atom. The van der Waals surface area contributed by atoms with Crippen LogP contribution in [0.15, 0.2) is 18.3 Å². The predicted molar refractivity (Wildman–Crippen MR) is 42.3 cm³/mol. The summed E-state index contributed by atoms with van der Waals surface area (Å²) in [4.78, 5) is 12.9. The molecule has 0 saturated heterocycles. The molecule has 3 nitrogen and oxygen atoms in total. The third-order valence-electron chi connectivity index (χ3n) is 0.951. The molecule has 0 spiro atoms. The van der Waals surface area contributed by atoms with Crippen LogP contribution in [0, 0.1) is 0 Å². The van der Waals surface area contributed by atoms with Gasteiger partial charge in [0.1, 0.15) is 5.60 Å². The lowest BCUT2D eigenvalue weighted by molar-refractivity contribution is -0.276. The van der Waals surface area contributed by atoms with Crippen molar-refractivity contribution in [2.75, 3.05) is 0 Å². The Morgan fingerprint density at radius 2 is 2.09 bits per heavy atom. The standard InChI is InChI=1S/C8H13NO2/c1-8(2,3)11-10-7-5-4-6-9-7/h4-6,9H,1-3H3. The van der Waals surface area contributed by atoms with E-state index in [0.29, 0.717) is 5.88 Å². The Morgan fingerprint density at radius 1 is 1.36 bits per heavy atom. The number of H-pyrrole nitrogens is 1. The third-order valence-corrected chi connectivity index (χ3v) is 0.951. The first kappa shape index (κ1) is 8.14. The molecule has 0 amide bonds. The molecule has 1 aromatic rings. The molecule has 62 valence electrons. The average Bonchev–Trinajstić information content (AvgIpc) is 2.32. The van der Waals surface area contributed by atoms with Crippen molar-refractivity contribution in [1.29, 1.82) is 0 Å². The molecular formula is C8H13NO2. The van der Waals surface area contributed by atoms with Crippen molar-refractivity contribution in [3.63, 3.8) is 0 Å². The average molecular weight is 155 g/mol. The number of hydrogen-bond donors (Lipinski definition) is 1. The van der Waals surface area contributed by atoms with Crippen LogP contribution in [0.5, 0.6) is 5.88 Å². The lowest BCUT2D eigenvalue weighted by Gasteiger charge is -2.16. The molecule has 0 atom stereocenters. The van der Waals surface area contributed by atoms with E-state index in [-0.39, 0.29) is 5.60 Å². The second kappa shape index (κ2) is 2.96. The smallest absolute Gasteiger partial charge is 0.234 e. The zero-order valence-electron chi connectivity index (χ0n) is 7.05. The van der Waals surface area contributed by atoms with E-state index in [0.717, 1.165) is 0 Å². The molecule has 1 heterocycles. The molecule has 3 heteroatoms. The van der Waals surface area contributed by atoms with Gasteiger partial charge in [-0.1, -0.05) is 0 Å². The molecule has 0 saturated carbocycles. The molecule has 0 aromatic carbocycles. The van der Waals surface area contributed by atoms with Gasteiger partial charge in [-0.3, -0.25) is 0 Å². The van der Waals surface area contributed by atoms with Crippen LogP contribution < -0.4 is 4.89 Å². The first-order chi connectivity index (χ1) is 5.08. The highest BCUT2D eigenvalue weighted by atomic mass is 17.2. The molecule has 1 rings (SSSR count). The normalized spacial score (nSPS) is 11.5. The number of rotatable bonds is 2. The maximum absolute atomic E-state index is 5.04. The molecule has 0 fully saturated rings. The second-order valence-electron chi connectivity index (χ2n) is 3.31. The summed E-state index contributed by atoms with van der Waals surface area (Å²) in [5.74, 6) is 0.625. The summed E-state index contributed by atoms with van der Waals surface area (Å²) in [7, 11) is 0. The van der Waals surface area contributed by atoms with Crippen LogP contribution >= 0.6 is 0 Å².